The van der Waals surface area contributed by atoms with Crippen molar-refractivity contribution in [3.8, 4) is 0 Å². The predicted molar refractivity (Wildman–Crippen MR) is 65.1 cm³/mol. The van der Waals surface area contributed by atoms with Crippen molar-refractivity contribution < 1.29 is 4.79 Å². The highest BCUT2D eigenvalue weighted by Gasteiger charge is 2.27. The van der Waals surface area contributed by atoms with Crippen LogP contribution in [0.15, 0.2) is 18.3 Å². The van der Waals surface area contributed by atoms with Gasteiger partial charge in [-0.25, -0.2) is 4.98 Å². The fraction of sp³-hybridized carbons (Fsp3) is 0.500. The Balaban J connectivity index is 3.00. The number of nitrogens with two attached hydrogens (primary N) is 1. The van der Waals surface area contributed by atoms with E-state index in [0.29, 0.717) is 5.56 Å². The maximum Gasteiger partial charge on any atom is 0.257 e. The van der Waals surface area contributed by atoms with Gasteiger partial charge in [0.05, 0.1) is 5.56 Å². The Labute approximate surface area is 96.5 Å². The Morgan fingerprint density at radius 2 is 2.19 bits per heavy atom. The number of aromatic nitrogens is 1. The van der Waals surface area contributed by atoms with Crippen LogP contribution >= 0.6 is 0 Å². The molecule has 0 aromatic carbocycles. The van der Waals surface area contributed by atoms with E-state index < -0.39 is 0 Å². The van der Waals surface area contributed by atoms with Crippen molar-refractivity contribution >= 4 is 11.7 Å². The summed E-state index contributed by atoms with van der Waals surface area (Å²) in [6.45, 7) is 6.10. The van der Waals surface area contributed by atoms with E-state index in [1.165, 1.54) is 0 Å². The standard InChI is InChI=1S/C12H19N3O/c1-5-12(2,3)15(4)11(16)9-7-6-8-14-10(9)13/h6-8H,5H2,1-4H3,(H2,13,14). The molecular weight excluding hydrogens is 202 g/mol. The van der Waals surface area contributed by atoms with Crippen LogP contribution in [-0.4, -0.2) is 28.4 Å². The number of hydrogen-bond acceptors (Lipinski definition) is 3. The van der Waals surface area contributed by atoms with Gasteiger partial charge in [-0.15, -0.1) is 0 Å². The topological polar surface area (TPSA) is 59.2 Å². The summed E-state index contributed by atoms with van der Waals surface area (Å²) in [4.78, 5) is 17.8. The maximum atomic E-state index is 12.2. The SMILES string of the molecule is CCC(C)(C)N(C)C(=O)c1cccnc1N. The van der Waals surface area contributed by atoms with Crippen LogP contribution in [0, 0.1) is 0 Å². The van der Waals surface area contributed by atoms with Gasteiger partial charge < -0.3 is 10.6 Å². The van der Waals surface area contributed by atoms with Crippen molar-refractivity contribution in [3.63, 3.8) is 0 Å². The third kappa shape index (κ3) is 2.32. The van der Waals surface area contributed by atoms with Crippen molar-refractivity contribution in [2.24, 2.45) is 0 Å². The van der Waals surface area contributed by atoms with Crippen LogP contribution in [0.2, 0.25) is 0 Å². The molecule has 0 aliphatic carbocycles. The first kappa shape index (κ1) is 12.5. The molecule has 0 aliphatic rings. The van der Waals surface area contributed by atoms with Gasteiger partial charge in [0, 0.05) is 18.8 Å². The molecule has 0 radical (unpaired) electrons. The first-order valence-electron chi connectivity index (χ1n) is 5.39. The highest BCUT2D eigenvalue weighted by molar-refractivity contribution is 5.98. The third-order valence-corrected chi connectivity index (χ3v) is 3.15. The lowest BCUT2D eigenvalue weighted by atomic mass is 9.99. The maximum absolute atomic E-state index is 12.2. The van der Waals surface area contributed by atoms with E-state index in [0.717, 1.165) is 6.42 Å². The van der Waals surface area contributed by atoms with Gasteiger partial charge in [-0.05, 0) is 32.4 Å². The molecule has 4 heteroatoms. The zero-order chi connectivity index (χ0) is 12.3. The fourth-order valence-corrected chi connectivity index (χ4v) is 1.29. The van der Waals surface area contributed by atoms with Crippen LogP contribution in [0.3, 0.4) is 0 Å². The molecule has 1 aromatic rings. The van der Waals surface area contributed by atoms with Gasteiger partial charge in [-0.2, -0.15) is 0 Å². The van der Waals surface area contributed by atoms with Gasteiger partial charge >= 0.3 is 0 Å². The average molecular weight is 221 g/mol. The molecule has 16 heavy (non-hydrogen) atoms. The Bertz CT molecular complexity index is 388. The Morgan fingerprint density at radius 3 is 2.69 bits per heavy atom. The molecule has 1 aromatic heterocycles. The van der Waals surface area contributed by atoms with Crippen molar-refractivity contribution in [1.82, 2.24) is 9.88 Å². The van der Waals surface area contributed by atoms with Gasteiger partial charge in [0.1, 0.15) is 5.82 Å². The molecule has 88 valence electrons. The summed E-state index contributed by atoms with van der Waals surface area (Å²) in [6.07, 6.45) is 2.46. The zero-order valence-corrected chi connectivity index (χ0v) is 10.3. The number of amides is 1. The van der Waals surface area contributed by atoms with E-state index in [-0.39, 0.29) is 17.3 Å². The molecule has 1 heterocycles. The monoisotopic (exact) mass is 221 g/mol. The summed E-state index contributed by atoms with van der Waals surface area (Å²) in [6, 6.07) is 3.42. The van der Waals surface area contributed by atoms with Crippen LogP contribution in [0.1, 0.15) is 37.6 Å². The Hall–Kier alpha value is -1.58. The van der Waals surface area contributed by atoms with Crippen LogP contribution in [0.25, 0.3) is 0 Å². The molecule has 0 saturated heterocycles. The average Bonchev–Trinajstić information content (AvgIpc) is 2.27. The molecule has 1 rings (SSSR count). The van der Waals surface area contributed by atoms with Gasteiger partial charge in [-0.1, -0.05) is 6.92 Å². The van der Waals surface area contributed by atoms with E-state index in [1.807, 2.05) is 13.8 Å². The Kier molecular flexibility index (Phi) is 3.52. The summed E-state index contributed by atoms with van der Waals surface area (Å²) < 4.78 is 0. The van der Waals surface area contributed by atoms with Crippen molar-refractivity contribution in [2.75, 3.05) is 12.8 Å². The number of carbonyl (C=O) groups is 1. The van der Waals surface area contributed by atoms with Crippen molar-refractivity contribution in [2.45, 2.75) is 32.7 Å². The number of nitrogen functional groups attached to an aromatic ring is 1. The Morgan fingerprint density at radius 1 is 1.56 bits per heavy atom. The highest BCUT2D eigenvalue weighted by Crippen LogP contribution is 2.20. The molecule has 4 nitrogen and oxygen atoms in total. The van der Waals surface area contributed by atoms with Crippen molar-refractivity contribution in [1.29, 1.82) is 0 Å². The van der Waals surface area contributed by atoms with E-state index >= 15 is 0 Å². The molecule has 0 aliphatic heterocycles. The molecular formula is C12H19N3O. The summed E-state index contributed by atoms with van der Waals surface area (Å²) >= 11 is 0. The van der Waals surface area contributed by atoms with Gasteiger partial charge in [0.2, 0.25) is 0 Å². The van der Waals surface area contributed by atoms with E-state index in [9.17, 15) is 4.79 Å². The van der Waals surface area contributed by atoms with E-state index in [4.69, 9.17) is 5.73 Å². The molecule has 0 saturated carbocycles. The fourth-order valence-electron chi connectivity index (χ4n) is 1.29. The minimum atomic E-state index is -0.181. The number of rotatable bonds is 3. The quantitative estimate of drug-likeness (QED) is 0.848. The summed E-state index contributed by atoms with van der Waals surface area (Å²) in [5.74, 6) is 0.198. The second-order valence-corrected chi connectivity index (χ2v) is 4.47. The number of anilines is 1. The van der Waals surface area contributed by atoms with Crippen molar-refractivity contribution in [3.05, 3.63) is 23.9 Å². The van der Waals surface area contributed by atoms with Gasteiger partial charge in [0.25, 0.3) is 5.91 Å². The highest BCUT2D eigenvalue weighted by atomic mass is 16.2. The lowest BCUT2D eigenvalue weighted by molar-refractivity contribution is 0.0621. The van der Waals surface area contributed by atoms with E-state index in [1.54, 1.807) is 30.3 Å². The van der Waals surface area contributed by atoms with Crippen LogP contribution < -0.4 is 5.73 Å². The smallest absolute Gasteiger partial charge is 0.257 e. The molecule has 0 fully saturated rings. The zero-order valence-electron chi connectivity index (χ0n) is 10.3. The van der Waals surface area contributed by atoms with Crippen LogP contribution in [0.4, 0.5) is 5.82 Å². The molecule has 0 unspecified atom stereocenters. The summed E-state index contributed by atoms with van der Waals surface area (Å²) in [7, 11) is 1.79. The van der Waals surface area contributed by atoms with Gasteiger partial charge in [0.15, 0.2) is 0 Å². The number of carbonyl (C=O) groups excluding carboxylic acids is 1. The summed E-state index contributed by atoms with van der Waals surface area (Å²) in [5, 5.41) is 0. The lowest BCUT2D eigenvalue weighted by Crippen LogP contribution is -2.44. The second-order valence-electron chi connectivity index (χ2n) is 4.47. The molecule has 1 amide bonds. The minimum absolute atomic E-state index is 0.0857. The summed E-state index contributed by atoms with van der Waals surface area (Å²) in [5.41, 5.74) is 5.97. The normalized spacial score (nSPS) is 11.2. The minimum Gasteiger partial charge on any atom is -0.383 e. The largest absolute Gasteiger partial charge is 0.383 e. The van der Waals surface area contributed by atoms with E-state index in [2.05, 4.69) is 11.9 Å². The number of hydrogen-bond donors (Lipinski definition) is 1. The molecule has 0 spiro atoms. The number of nitrogens with zero attached hydrogens (tertiary/aromatic N) is 2. The number of pyridine rings is 1. The first-order valence-corrected chi connectivity index (χ1v) is 5.39. The van der Waals surface area contributed by atoms with Crippen LogP contribution in [-0.2, 0) is 0 Å². The molecule has 2 N–H and O–H groups in total. The predicted octanol–water partition coefficient (Wildman–Crippen LogP) is 1.92. The van der Waals surface area contributed by atoms with Gasteiger partial charge in [-0.3, -0.25) is 4.79 Å². The third-order valence-electron chi connectivity index (χ3n) is 3.15. The lowest BCUT2D eigenvalue weighted by Gasteiger charge is -2.35. The molecule has 0 atom stereocenters. The first-order chi connectivity index (χ1) is 7.40. The molecule has 0 bridgehead atoms. The van der Waals surface area contributed by atoms with Crippen LogP contribution in [0.5, 0.6) is 0 Å². The second kappa shape index (κ2) is 4.51.